The van der Waals surface area contributed by atoms with Crippen molar-refractivity contribution in [3.63, 3.8) is 0 Å². The van der Waals surface area contributed by atoms with Crippen LogP contribution in [0.25, 0.3) is 137 Å². The third-order valence-corrected chi connectivity index (χ3v) is 15.2. The molecule has 5 heteroatoms. The summed E-state index contributed by atoms with van der Waals surface area (Å²) in [6.07, 6.45) is 0. The molecule has 0 unspecified atom stereocenters. The van der Waals surface area contributed by atoms with Crippen LogP contribution in [-0.4, -0.2) is 22.8 Å². The Kier molecular flexibility index (Phi) is 7.82. The molecule has 16 rings (SSSR count). The summed E-state index contributed by atoms with van der Waals surface area (Å²) in [4.78, 5) is 0. The molecule has 0 aliphatic rings. The van der Waals surface area contributed by atoms with Crippen LogP contribution >= 0.6 is 0 Å². The van der Waals surface area contributed by atoms with Gasteiger partial charge in [-0.05, 0) is 91.0 Å². The van der Waals surface area contributed by atoms with E-state index in [1.165, 1.54) is 87.0 Å². The summed E-state index contributed by atoms with van der Waals surface area (Å²) in [5.74, 6) is 0. The maximum absolute atomic E-state index is 2.50. The van der Waals surface area contributed by atoms with Gasteiger partial charge in [-0.2, -0.15) is 0 Å². The molecule has 0 fully saturated rings. The monoisotopic (exact) mass is 903 g/mol. The second-order valence-electron chi connectivity index (χ2n) is 18.9. The van der Waals surface area contributed by atoms with Gasteiger partial charge in [0.15, 0.2) is 0 Å². The van der Waals surface area contributed by atoms with Gasteiger partial charge in [-0.15, -0.1) is 0 Å². The zero-order valence-electron chi connectivity index (χ0n) is 38.4. The number of rotatable bonds is 5. The minimum atomic E-state index is 1.08. The van der Waals surface area contributed by atoms with Crippen LogP contribution < -0.4 is 0 Å². The van der Waals surface area contributed by atoms with E-state index in [2.05, 4.69) is 272 Å². The minimum Gasteiger partial charge on any atom is -0.309 e. The lowest BCUT2D eigenvalue weighted by Gasteiger charge is -2.18. The minimum absolute atomic E-state index is 1.08. The van der Waals surface area contributed by atoms with Gasteiger partial charge in [0.25, 0.3) is 0 Å². The van der Waals surface area contributed by atoms with Gasteiger partial charge in [0.1, 0.15) is 0 Å². The number of hydrogen-bond acceptors (Lipinski definition) is 0. The van der Waals surface area contributed by atoms with E-state index in [4.69, 9.17) is 0 Å². The summed E-state index contributed by atoms with van der Waals surface area (Å²) in [5, 5.41) is 12.3. The summed E-state index contributed by atoms with van der Waals surface area (Å²) in [7, 11) is 0. The van der Waals surface area contributed by atoms with Gasteiger partial charge in [0.05, 0.1) is 83.6 Å². The average molecular weight is 904 g/mol. The third-order valence-electron chi connectivity index (χ3n) is 15.2. The standard InChI is InChI=1S/C66H41N5/c1-9-27-53-45(19-1)46-20-2-10-28-54(46)67(53)42-39-43(68-59-33-15-7-25-51(59)65-61(68)35-17-37-63(65)70-55-29-11-3-21-47(55)48-22-4-12-30-56(48)70)41-44(40-42)69-60-34-16-8-26-52(60)66-62(69)36-18-38-64(66)71-57-31-13-5-23-49(57)50-24-6-14-32-58(50)71/h1-41H. The normalized spacial score (nSPS) is 12.2. The molecule has 0 amide bonds. The van der Waals surface area contributed by atoms with Crippen LogP contribution in [0.4, 0.5) is 0 Å². The van der Waals surface area contributed by atoms with Gasteiger partial charge >= 0.3 is 0 Å². The molecule has 0 spiro atoms. The highest BCUT2D eigenvalue weighted by molar-refractivity contribution is 6.19. The maximum atomic E-state index is 2.50. The second kappa shape index (κ2) is 14.5. The highest BCUT2D eigenvalue weighted by Crippen LogP contribution is 2.44. The lowest BCUT2D eigenvalue weighted by molar-refractivity contribution is 1.10. The Morgan fingerprint density at radius 3 is 0.676 bits per heavy atom. The van der Waals surface area contributed by atoms with Crippen molar-refractivity contribution >= 4 is 109 Å². The van der Waals surface area contributed by atoms with E-state index in [1.54, 1.807) is 0 Å². The van der Waals surface area contributed by atoms with Gasteiger partial charge in [0.2, 0.25) is 0 Å². The first-order valence-corrected chi connectivity index (χ1v) is 24.4. The molecule has 5 nitrogen and oxygen atoms in total. The molecule has 71 heavy (non-hydrogen) atoms. The van der Waals surface area contributed by atoms with Crippen LogP contribution in [0.5, 0.6) is 0 Å². The SMILES string of the molecule is c1ccc2c(c1)c1ccccc1n2-c1cc(-n2c3ccccc3c3c(-n4c5ccccc5c5ccccc54)cccc32)cc(-n2c3ccccc3c3c(-n4c5ccccc5c5ccccc54)cccc32)c1. The first kappa shape index (κ1) is 38.4. The topological polar surface area (TPSA) is 24.6 Å². The van der Waals surface area contributed by atoms with Crippen molar-refractivity contribution in [2.24, 2.45) is 0 Å². The highest BCUT2D eigenvalue weighted by atomic mass is 15.1. The van der Waals surface area contributed by atoms with Crippen LogP contribution in [0, 0.1) is 0 Å². The van der Waals surface area contributed by atoms with Gasteiger partial charge in [-0.3, -0.25) is 0 Å². The molecule has 0 bridgehead atoms. The summed E-state index contributed by atoms with van der Waals surface area (Å²) in [5.41, 5.74) is 17.3. The fourth-order valence-electron chi connectivity index (χ4n) is 12.5. The molecular formula is C66H41N5. The Balaban J connectivity index is 1.03. The number of benzene rings is 11. The van der Waals surface area contributed by atoms with Crippen molar-refractivity contribution in [3.8, 4) is 28.4 Å². The number of hydrogen-bond donors (Lipinski definition) is 0. The van der Waals surface area contributed by atoms with Crippen molar-refractivity contribution in [2.75, 3.05) is 0 Å². The fraction of sp³-hybridized carbons (Fsp3) is 0. The summed E-state index contributed by atoms with van der Waals surface area (Å²) >= 11 is 0. The predicted octanol–water partition coefficient (Wildman–Crippen LogP) is 17.2. The maximum Gasteiger partial charge on any atom is 0.0562 e. The molecular weight excluding hydrogens is 863 g/mol. The quantitative estimate of drug-likeness (QED) is 0.164. The van der Waals surface area contributed by atoms with Crippen LogP contribution in [0.15, 0.2) is 249 Å². The molecule has 0 saturated heterocycles. The highest BCUT2D eigenvalue weighted by Gasteiger charge is 2.24. The molecule has 0 atom stereocenters. The van der Waals surface area contributed by atoms with Crippen LogP contribution in [0.2, 0.25) is 0 Å². The van der Waals surface area contributed by atoms with Crippen LogP contribution in [-0.2, 0) is 0 Å². The van der Waals surface area contributed by atoms with Crippen LogP contribution in [0.3, 0.4) is 0 Å². The van der Waals surface area contributed by atoms with E-state index < -0.39 is 0 Å². The number of aromatic nitrogens is 5. The Labute approximate surface area is 407 Å². The molecule has 0 aliphatic carbocycles. The fourth-order valence-corrected chi connectivity index (χ4v) is 12.5. The van der Waals surface area contributed by atoms with Crippen LogP contribution in [0.1, 0.15) is 0 Å². The van der Waals surface area contributed by atoms with Crippen molar-refractivity contribution < 1.29 is 0 Å². The lowest BCUT2D eigenvalue weighted by atomic mass is 10.1. The summed E-state index contributed by atoms with van der Waals surface area (Å²) < 4.78 is 12.4. The summed E-state index contributed by atoms with van der Waals surface area (Å²) in [6.45, 7) is 0. The number of nitrogens with zero attached hydrogens (tertiary/aromatic N) is 5. The van der Waals surface area contributed by atoms with E-state index in [0.717, 1.165) is 50.5 Å². The molecule has 0 saturated carbocycles. The van der Waals surface area contributed by atoms with Crippen molar-refractivity contribution in [1.29, 1.82) is 0 Å². The second-order valence-corrected chi connectivity index (χ2v) is 18.9. The Morgan fingerprint density at radius 2 is 0.380 bits per heavy atom. The van der Waals surface area contributed by atoms with Crippen molar-refractivity contribution in [1.82, 2.24) is 22.8 Å². The Hall–Kier alpha value is -9.58. The molecule has 16 aromatic rings. The molecule has 0 radical (unpaired) electrons. The molecule has 330 valence electrons. The molecule has 5 aromatic heterocycles. The zero-order chi connectivity index (χ0) is 46.3. The largest absolute Gasteiger partial charge is 0.309 e. The van der Waals surface area contributed by atoms with Gasteiger partial charge in [-0.1, -0.05) is 158 Å². The number of fused-ring (bicyclic) bond motifs is 15. The van der Waals surface area contributed by atoms with Gasteiger partial charge in [-0.25, -0.2) is 0 Å². The van der Waals surface area contributed by atoms with E-state index >= 15 is 0 Å². The summed E-state index contributed by atoms with van der Waals surface area (Å²) in [6, 6.07) is 91.7. The van der Waals surface area contributed by atoms with Gasteiger partial charge in [0, 0.05) is 53.9 Å². The lowest BCUT2D eigenvalue weighted by Crippen LogP contribution is -2.03. The molecule has 0 N–H and O–H groups in total. The van der Waals surface area contributed by atoms with Crippen molar-refractivity contribution in [2.45, 2.75) is 0 Å². The van der Waals surface area contributed by atoms with E-state index in [-0.39, 0.29) is 0 Å². The smallest absolute Gasteiger partial charge is 0.0562 e. The third kappa shape index (κ3) is 5.24. The first-order chi connectivity index (χ1) is 35.3. The van der Waals surface area contributed by atoms with E-state index in [1.807, 2.05) is 0 Å². The average Bonchev–Trinajstić information content (AvgIpc) is 4.23. The number of para-hydroxylation sites is 8. The Bertz CT molecular complexity index is 4480. The molecule has 11 aromatic carbocycles. The zero-order valence-corrected chi connectivity index (χ0v) is 38.4. The molecule has 5 heterocycles. The Morgan fingerprint density at radius 1 is 0.169 bits per heavy atom. The van der Waals surface area contributed by atoms with E-state index in [9.17, 15) is 0 Å². The molecule has 0 aliphatic heterocycles. The van der Waals surface area contributed by atoms with E-state index in [0.29, 0.717) is 0 Å². The van der Waals surface area contributed by atoms with Gasteiger partial charge < -0.3 is 22.8 Å². The van der Waals surface area contributed by atoms with Crippen molar-refractivity contribution in [3.05, 3.63) is 249 Å². The predicted molar refractivity (Wildman–Crippen MR) is 298 cm³/mol. The first-order valence-electron chi connectivity index (χ1n) is 24.4.